The van der Waals surface area contributed by atoms with Crippen LogP contribution in [0.2, 0.25) is 0 Å². The van der Waals surface area contributed by atoms with Gasteiger partial charge in [0, 0.05) is 19.0 Å². The van der Waals surface area contributed by atoms with E-state index in [4.69, 9.17) is 10.5 Å². The van der Waals surface area contributed by atoms with Crippen LogP contribution in [-0.2, 0) is 7.05 Å². The van der Waals surface area contributed by atoms with E-state index in [0.29, 0.717) is 22.9 Å². The predicted octanol–water partition coefficient (Wildman–Crippen LogP) is 1.87. The fraction of sp³-hybridized carbons (Fsp3) is 0.438. The number of carbonyl (C=O) groups is 2. The van der Waals surface area contributed by atoms with Crippen LogP contribution in [0, 0.1) is 6.92 Å². The van der Waals surface area contributed by atoms with Crippen LogP contribution >= 0.6 is 11.3 Å². The van der Waals surface area contributed by atoms with Crippen molar-refractivity contribution in [1.29, 1.82) is 0 Å². The van der Waals surface area contributed by atoms with Crippen molar-refractivity contribution in [3.63, 3.8) is 0 Å². The van der Waals surface area contributed by atoms with Crippen LogP contribution in [0.1, 0.15) is 50.2 Å². The highest BCUT2D eigenvalue weighted by molar-refractivity contribution is 7.12. The predicted molar refractivity (Wildman–Crippen MR) is 90.3 cm³/mol. The molecule has 1 aliphatic heterocycles. The second-order valence-corrected chi connectivity index (χ2v) is 6.76. The Morgan fingerprint density at radius 1 is 1.46 bits per heavy atom. The van der Waals surface area contributed by atoms with E-state index in [-0.39, 0.29) is 11.9 Å². The molecule has 0 aliphatic carbocycles. The van der Waals surface area contributed by atoms with Crippen molar-refractivity contribution >= 4 is 23.2 Å². The minimum absolute atomic E-state index is 0.0692. The quantitative estimate of drug-likeness (QED) is 0.913. The monoisotopic (exact) mass is 348 g/mol. The summed E-state index contributed by atoms with van der Waals surface area (Å²) in [6, 6.07) is 1.50. The van der Waals surface area contributed by atoms with Crippen LogP contribution < -0.4 is 10.5 Å². The fourth-order valence-electron chi connectivity index (χ4n) is 3.31. The Hall–Kier alpha value is -2.35. The average Bonchev–Trinajstić information content (AvgIpc) is 3.24. The third-order valence-corrected chi connectivity index (χ3v) is 5.27. The maximum atomic E-state index is 12.9. The first kappa shape index (κ1) is 16.5. The van der Waals surface area contributed by atoms with Crippen LogP contribution in [-0.4, -0.2) is 40.1 Å². The van der Waals surface area contributed by atoms with Crippen LogP contribution in [0.25, 0.3) is 0 Å². The van der Waals surface area contributed by atoms with Gasteiger partial charge in [0.05, 0.1) is 34.8 Å². The Kier molecular flexibility index (Phi) is 4.31. The summed E-state index contributed by atoms with van der Waals surface area (Å²) < 4.78 is 7.18. The molecule has 0 spiro atoms. The molecule has 2 aromatic heterocycles. The lowest BCUT2D eigenvalue weighted by atomic mass is 10.0. The van der Waals surface area contributed by atoms with Gasteiger partial charge in [-0.15, -0.1) is 11.3 Å². The highest BCUT2D eigenvalue weighted by Crippen LogP contribution is 2.39. The molecule has 2 aromatic rings. The first-order chi connectivity index (χ1) is 11.4. The van der Waals surface area contributed by atoms with Crippen molar-refractivity contribution in [1.82, 2.24) is 14.7 Å². The molecule has 24 heavy (non-hydrogen) atoms. The topological polar surface area (TPSA) is 90.4 Å². The van der Waals surface area contributed by atoms with Gasteiger partial charge in [-0.25, -0.2) is 4.68 Å². The molecule has 3 rings (SSSR count). The number of aryl methyl sites for hydroxylation is 2. The van der Waals surface area contributed by atoms with Crippen LogP contribution in [0.5, 0.6) is 5.88 Å². The van der Waals surface area contributed by atoms with Crippen molar-refractivity contribution < 1.29 is 14.3 Å². The third-order valence-electron chi connectivity index (χ3n) is 4.35. The van der Waals surface area contributed by atoms with Crippen LogP contribution in [0.4, 0.5) is 0 Å². The summed E-state index contributed by atoms with van der Waals surface area (Å²) in [4.78, 5) is 26.5. The number of carbonyl (C=O) groups excluding carboxylic acids is 2. The number of amides is 2. The van der Waals surface area contributed by atoms with E-state index in [1.165, 1.54) is 11.3 Å². The number of hydrogen-bond acceptors (Lipinski definition) is 5. The maximum absolute atomic E-state index is 12.9. The molecule has 3 heterocycles. The minimum atomic E-state index is -0.520. The van der Waals surface area contributed by atoms with E-state index in [9.17, 15) is 9.59 Å². The Bertz CT molecular complexity index is 795. The van der Waals surface area contributed by atoms with Gasteiger partial charge < -0.3 is 15.4 Å². The van der Waals surface area contributed by atoms with Gasteiger partial charge in [0.15, 0.2) is 0 Å². The molecule has 0 aromatic carbocycles. The molecule has 1 atom stereocenters. The number of primary amides is 1. The summed E-state index contributed by atoms with van der Waals surface area (Å²) >= 11 is 1.25. The summed E-state index contributed by atoms with van der Waals surface area (Å²) in [5.74, 6) is 0.0783. The van der Waals surface area contributed by atoms with E-state index >= 15 is 0 Å². The molecule has 1 saturated heterocycles. The number of nitrogens with two attached hydrogens (primary N) is 1. The first-order valence-corrected chi connectivity index (χ1v) is 8.58. The molecule has 0 unspecified atom stereocenters. The smallest absolute Gasteiger partial charge is 0.264 e. The van der Waals surface area contributed by atoms with Gasteiger partial charge >= 0.3 is 0 Å². The van der Waals surface area contributed by atoms with Gasteiger partial charge in [-0.05, 0) is 25.8 Å². The molecule has 128 valence electrons. The number of rotatable bonds is 4. The molecule has 1 fully saturated rings. The van der Waals surface area contributed by atoms with Gasteiger partial charge in [0.2, 0.25) is 11.8 Å². The summed E-state index contributed by atoms with van der Waals surface area (Å²) in [6.07, 6.45) is 1.78. The maximum Gasteiger partial charge on any atom is 0.264 e. The SMILES string of the molecule is COc1c([C@H]2CCCN2C(=O)c2cc(C(N)=O)cs2)c(C)nn1C. The zero-order chi connectivity index (χ0) is 17.4. The molecular formula is C16H20N4O3S. The Morgan fingerprint density at radius 2 is 2.21 bits per heavy atom. The average molecular weight is 348 g/mol. The molecule has 7 nitrogen and oxygen atoms in total. The van der Waals surface area contributed by atoms with Crippen molar-refractivity contribution in [3.8, 4) is 5.88 Å². The molecule has 2 amide bonds. The van der Waals surface area contributed by atoms with Crippen molar-refractivity contribution in [2.75, 3.05) is 13.7 Å². The standard InChI is InChI=1S/C16H20N4O3S/c1-9-13(16(23-3)19(2)18-9)11-5-4-6-20(11)15(22)12-7-10(8-24-12)14(17)21/h7-8,11H,4-6H2,1-3H3,(H2,17,21)/t11-/m1/s1. The summed E-state index contributed by atoms with van der Waals surface area (Å²) in [5.41, 5.74) is 7.46. The second-order valence-electron chi connectivity index (χ2n) is 5.85. The number of hydrogen-bond donors (Lipinski definition) is 1. The fourth-order valence-corrected chi connectivity index (χ4v) is 4.16. The van der Waals surface area contributed by atoms with E-state index in [1.807, 2.05) is 18.9 Å². The number of aromatic nitrogens is 2. The lowest BCUT2D eigenvalue weighted by Crippen LogP contribution is -2.30. The number of thiophene rings is 1. The van der Waals surface area contributed by atoms with Crippen molar-refractivity contribution in [2.24, 2.45) is 12.8 Å². The Balaban J connectivity index is 1.93. The third kappa shape index (κ3) is 2.66. The van der Waals surface area contributed by atoms with Gasteiger partial charge in [0.1, 0.15) is 0 Å². The normalized spacial score (nSPS) is 17.3. The van der Waals surface area contributed by atoms with Crippen LogP contribution in [0.15, 0.2) is 11.4 Å². The molecule has 0 bridgehead atoms. The van der Waals surface area contributed by atoms with Gasteiger partial charge in [-0.2, -0.15) is 5.10 Å². The summed E-state index contributed by atoms with van der Waals surface area (Å²) in [5, 5.41) is 6.04. The van der Waals surface area contributed by atoms with Crippen molar-refractivity contribution in [3.05, 3.63) is 33.1 Å². The molecule has 0 saturated carbocycles. The van der Waals surface area contributed by atoms with Gasteiger partial charge in [0.25, 0.3) is 5.91 Å². The Morgan fingerprint density at radius 3 is 2.83 bits per heavy atom. The first-order valence-electron chi connectivity index (χ1n) is 7.70. The number of nitrogens with zero attached hydrogens (tertiary/aromatic N) is 3. The molecule has 8 heteroatoms. The number of methoxy groups -OCH3 is 1. The molecular weight excluding hydrogens is 328 g/mol. The summed E-state index contributed by atoms with van der Waals surface area (Å²) in [6.45, 7) is 2.60. The lowest BCUT2D eigenvalue weighted by Gasteiger charge is -2.24. The minimum Gasteiger partial charge on any atom is -0.481 e. The van der Waals surface area contributed by atoms with E-state index in [0.717, 1.165) is 24.1 Å². The zero-order valence-electron chi connectivity index (χ0n) is 13.9. The van der Waals surface area contributed by atoms with Gasteiger partial charge in [-0.1, -0.05) is 0 Å². The number of likely N-dealkylation sites (tertiary alicyclic amines) is 1. The molecule has 2 N–H and O–H groups in total. The van der Waals surface area contributed by atoms with E-state index in [2.05, 4.69) is 5.10 Å². The Labute approximate surface area is 144 Å². The second kappa shape index (κ2) is 6.27. The molecule has 1 aliphatic rings. The zero-order valence-corrected chi connectivity index (χ0v) is 14.7. The largest absolute Gasteiger partial charge is 0.481 e. The highest BCUT2D eigenvalue weighted by atomic mass is 32.1. The summed E-state index contributed by atoms with van der Waals surface area (Å²) in [7, 11) is 3.44. The van der Waals surface area contributed by atoms with Crippen molar-refractivity contribution in [2.45, 2.75) is 25.8 Å². The van der Waals surface area contributed by atoms with Gasteiger partial charge in [-0.3, -0.25) is 9.59 Å². The van der Waals surface area contributed by atoms with Crippen LogP contribution in [0.3, 0.4) is 0 Å². The van der Waals surface area contributed by atoms with E-state index < -0.39 is 5.91 Å². The number of ether oxygens (including phenoxy) is 1. The lowest BCUT2D eigenvalue weighted by molar-refractivity contribution is 0.0738. The van der Waals surface area contributed by atoms with E-state index in [1.54, 1.807) is 23.2 Å². The highest BCUT2D eigenvalue weighted by Gasteiger charge is 2.35. The molecule has 0 radical (unpaired) electrons.